The fourth-order valence-corrected chi connectivity index (χ4v) is 4.43. The molecule has 0 saturated heterocycles. The molecule has 3 aromatic rings. The summed E-state index contributed by atoms with van der Waals surface area (Å²) in [6, 6.07) is 17.5. The maximum Gasteiger partial charge on any atom is 0.333 e. The van der Waals surface area contributed by atoms with Crippen LogP contribution in [0.5, 0.6) is 5.75 Å². The summed E-state index contributed by atoms with van der Waals surface area (Å²) in [6.07, 6.45) is -0.524. The van der Waals surface area contributed by atoms with Gasteiger partial charge in [0.2, 0.25) is 5.91 Å². The average molecular weight is 468 g/mol. The van der Waals surface area contributed by atoms with Gasteiger partial charge in [-0.3, -0.25) is 4.79 Å². The number of nitrogens with zero attached hydrogens (tertiary/aromatic N) is 1. The molecule has 0 aliphatic rings. The van der Waals surface area contributed by atoms with E-state index >= 15 is 0 Å². The van der Waals surface area contributed by atoms with E-state index in [1.807, 2.05) is 48.5 Å². The van der Waals surface area contributed by atoms with Gasteiger partial charge in [-0.2, -0.15) is 0 Å². The standard InChI is InChI=1S/C26H29NO5S/c1-5-31-23(26(29)30)15-19-6-12-22(13-7-19)32-16-25-17(2)14-24(33-25)20-8-10-21(11-9-20)27(4)18(3)28/h6-14,23H,5,15-16H2,1-4H3,(H,29,30)/t23-/m0/s1. The molecule has 6 nitrogen and oxygen atoms in total. The van der Waals surface area contributed by atoms with Gasteiger partial charge in [-0.15, -0.1) is 11.3 Å². The summed E-state index contributed by atoms with van der Waals surface area (Å²) >= 11 is 1.69. The minimum atomic E-state index is -0.957. The van der Waals surface area contributed by atoms with Crippen LogP contribution >= 0.6 is 11.3 Å². The first-order chi connectivity index (χ1) is 15.8. The predicted molar refractivity (Wildman–Crippen MR) is 131 cm³/mol. The predicted octanol–water partition coefficient (Wildman–Crippen LogP) is 5.32. The largest absolute Gasteiger partial charge is 0.488 e. The van der Waals surface area contributed by atoms with Crippen LogP contribution in [0.2, 0.25) is 0 Å². The zero-order chi connectivity index (χ0) is 24.0. The molecule has 1 amide bonds. The summed E-state index contributed by atoms with van der Waals surface area (Å²) in [7, 11) is 1.76. The molecule has 1 aromatic heterocycles. The molecule has 1 N–H and O–H groups in total. The number of hydrogen-bond donors (Lipinski definition) is 1. The molecule has 174 valence electrons. The summed E-state index contributed by atoms with van der Waals surface area (Å²) < 4.78 is 11.2. The highest BCUT2D eigenvalue weighted by molar-refractivity contribution is 7.15. The second kappa shape index (κ2) is 11.1. The molecule has 2 aromatic carbocycles. The van der Waals surface area contributed by atoms with Crippen molar-refractivity contribution in [3.63, 3.8) is 0 Å². The highest BCUT2D eigenvalue weighted by Crippen LogP contribution is 2.33. The molecule has 0 bridgehead atoms. The van der Waals surface area contributed by atoms with Crippen LogP contribution in [0.4, 0.5) is 5.69 Å². The van der Waals surface area contributed by atoms with Crippen LogP contribution in [0, 0.1) is 6.92 Å². The van der Waals surface area contributed by atoms with E-state index in [2.05, 4.69) is 13.0 Å². The van der Waals surface area contributed by atoms with E-state index in [0.29, 0.717) is 19.6 Å². The van der Waals surface area contributed by atoms with Gasteiger partial charge in [0.25, 0.3) is 0 Å². The number of carboxylic acid groups (broad SMARTS) is 1. The molecule has 33 heavy (non-hydrogen) atoms. The number of benzene rings is 2. The maximum atomic E-state index is 11.5. The van der Waals surface area contributed by atoms with Gasteiger partial charge in [-0.05, 0) is 60.9 Å². The van der Waals surface area contributed by atoms with E-state index in [0.717, 1.165) is 37.9 Å². The van der Waals surface area contributed by atoms with Crippen molar-refractivity contribution in [1.82, 2.24) is 0 Å². The monoisotopic (exact) mass is 467 g/mol. The van der Waals surface area contributed by atoms with Gasteiger partial charge in [0.15, 0.2) is 6.10 Å². The van der Waals surface area contributed by atoms with Gasteiger partial charge in [-0.1, -0.05) is 24.3 Å². The first-order valence-corrected chi connectivity index (χ1v) is 11.6. The van der Waals surface area contributed by atoms with Crippen molar-refractivity contribution >= 4 is 28.9 Å². The van der Waals surface area contributed by atoms with Crippen LogP contribution in [-0.4, -0.2) is 36.7 Å². The van der Waals surface area contributed by atoms with Crippen LogP contribution in [0.25, 0.3) is 10.4 Å². The lowest BCUT2D eigenvalue weighted by Crippen LogP contribution is -2.26. The minimum absolute atomic E-state index is 0.00168. The number of anilines is 1. The Bertz CT molecular complexity index is 1090. The topological polar surface area (TPSA) is 76.1 Å². The van der Waals surface area contributed by atoms with E-state index in [1.54, 1.807) is 37.1 Å². The molecule has 1 heterocycles. The quantitative estimate of drug-likeness (QED) is 0.437. The second-order valence-corrected chi connectivity index (χ2v) is 8.90. The van der Waals surface area contributed by atoms with Crippen LogP contribution in [0.1, 0.15) is 29.9 Å². The third kappa shape index (κ3) is 6.43. The van der Waals surface area contributed by atoms with Gasteiger partial charge in [0.05, 0.1) is 0 Å². The first-order valence-electron chi connectivity index (χ1n) is 10.8. The Kier molecular flexibility index (Phi) is 8.25. The zero-order valence-corrected chi connectivity index (χ0v) is 20.1. The molecule has 0 aliphatic carbocycles. The lowest BCUT2D eigenvalue weighted by Gasteiger charge is -2.14. The molecular formula is C26H29NO5S. The van der Waals surface area contributed by atoms with Gasteiger partial charge < -0.3 is 19.5 Å². The Morgan fingerprint density at radius 2 is 1.76 bits per heavy atom. The highest BCUT2D eigenvalue weighted by Gasteiger charge is 2.18. The summed E-state index contributed by atoms with van der Waals surface area (Å²) in [5.74, 6) is -0.229. The highest BCUT2D eigenvalue weighted by atomic mass is 32.1. The lowest BCUT2D eigenvalue weighted by atomic mass is 10.1. The third-order valence-electron chi connectivity index (χ3n) is 5.39. The molecule has 3 rings (SSSR count). The molecule has 0 aliphatic heterocycles. The van der Waals surface area contributed by atoms with Gasteiger partial charge in [0, 0.05) is 42.4 Å². The van der Waals surface area contributed by atoms with Crippen molar-refractivity contribution in [3.05, 3.63) is 70.6 Å². The van der Waals surface area contributed by atoms with E-state index in [4.69, 9.17) is 9.47 Å². The van der Waals surface area contributed by atoms with Crippen molar-refractivity contribution in [2.75, 3.05) is 18.6 Å². The van der Waals surface area contributed by atoms with E-state index in [-0.39, 0.29) is 5.91 Å². The van der Waals surface area contributed by atoms with Gasteiger partial charge >= 0.3 is 5.97 Å². The summed E-state index contributed by atoms with van der Waals surface area (Å²) in [6.45, 7) is 6.22. The number of carbonyl (C=O) groups excluding carboxylic acids is 1. The Morgan fingerprint density at radius 3 is 2.33 bits per heavy atom. The number of aryl methyl sites for hydroxylation is 1. The second-order valence-electron chi connectivity index (χ2n) is 7.76. The van der Waals surface area contributed by atoms with Crippen LogP contribution < -0.4 is 9.64 Å². The van der Waals surface area contributed by atoms with Crippen molar-refractivity contribution in [1.29, 1.82) is 0 Å². The summed E-state index contributed by atoms with van der Waals surface area (Å²) in [5.41, 5.74) is 4.01. The smallest absolute Gasteiger partial charge is 0.333 e. The van der Waals surface area contributed by atoms with Crippen molar-refractivity contribution in [2.24, 2.45) is 0 Å². The lowest BCUT2D eigenvalue weighted by molar-refractivity contribution is -0.149. The van der Waals surface area contributed by atoms with Crippen LogP contribution in [0.3, 0.4) is 0 Å². The number of hydrogen-bond acceptors (Lipinski definition) is 5. The van der Waals surface area contributed by atoms with Crippen LogP contribution in [-0.2, 0) is 27.4 Å². The summed E-state index contributed by atoms with van der Waals surface area (Å²) in [5, 5.41) is 9.24. The SMILES string of the molecule is CCO[C@@H](Cc1ccc(OCc2sc(-c3ccc(N(C)C(C)=O)cc3)cc2C)cc1)C(=O)O. The molecule has 1 atom stereocenters. The Labute approximate surface area is 198 Å². The molecule has 0 fully saturated rings. The summed E-state index contributed by atoms with van der Waals surface area (Å²) in [4.78, 5) is 26.7. The minimum Gasteiger partial charge on any atom is -0.488 e. The molecule has 7 heteroatoms. The number of amides is 1. The van der Waals surface area contributed by atoms with Crippen molar-refractivity contribution in [3.8, 4) is 16.2 Å². The molecule has 0 unspecified atom stereocenters. The number of carbonyl (C=O) groups is 2. The van der Waals surface area contributed by atoms with Gasteiger partial charge in [0.1, 0.15) is 12.4 Å². The van der Waals surface area contributed by atoms with Crippen molar-refractivity contribution in [2.45, 2.75) is 39.9 Å². The fraction of sp³-hybridized carbons (Fsp3) is 0.308. The maximum absolute atomic E-state index is 11.5. The fourth-order valence-electron chi connectivity index (χ4n) is 3.34. The van der Waals surface area contributed by atoms with E-state index < -0.39 is 12.1 Å². The molecule has 0 saturated carbocycles. The number of thiophene rings is 1. The number of carboxylic acids is 1. The number of aliphatic carboxylic acids is 1. The Balaban J connectivity index is 1.62. The number of rotatable bonds is 10. The average Bonchev–Trinajstić information content (AvgIpc) is 3.18. The van der Waals surface area contributed by atoms with Crippen molar-refractivity contribution < 1.29 is 24.2 Å². The molecule has 0 radical (unpaired) electrons. The molecule has 0 spiro atoms. The molecular weight excluding hydrogens is 438 g/mol. The van der Waals surface area contributed by atoms with E-state index in [1.165, 1.54) is 0 Å². The zero-order valence-electron chi connectivity index (χ0n) is 19.3. The van der Waals surface area contributed by atoms with E-state index in [9.17, 15) is 14.7 Å². The van der Waals surface area contributed by atoms with Gasteiger partial charge in [-0.25, -0.2) is 4.79 Å². The Hall–Kier alpha value is -3.16. The number of ether oxygens (including phenoxy) is 2. The third-order valence-corrected chi connectivity index (χ3v) is 6.65. The Morgan fingerprint density at radius 1 is 1.09 bits per heavy atom. The van der Waals surface area contributed by atoms with Crippen LogP contribution in [0.15, 0.2) is 54.6 Å². The first kappa shape index (κ1) is 24.5. The normalized spacial score (nSPS) is 11.8.